The number of fused-ring (bicyclic) bond motifs is 3. The van der Waals surface area contributed by atoms with E-state index in [1.54, 1.807) is 0 Å². The Morgan fingerprint density at radius 1 is 0.689 bits per heavy atom. The summed E-state index contributed by atoms with van der Waals surface area (Å²) in [6.07, 6.45) is 9.43. The van der Waals surface area contributed by atoms with Crippen LogP contribution in [0.15, 0.2) is 97.1 Å². The number of esters is 2. The van der Waals surface area contributed by atoms with E-state index in [1.807, 2.05) is 38.1 Å². The Kier molecular flexibility index (Phi) is 11.0. The van der Waals surface area contributed by atoms with Gasteiger partial charge in [-0.15, -0.1) is 0 Å². The van der Waals surface area contributed by atoms with Crippen LogP contribution in [0.25, 0.3) is 0 Å². The number of carbonyl (C=O) groups excluding carboxylic acids is 2. The second kappa shape index (κ2) is 15.1. The van der Waals surface area contributed by atoms with Crippen molar-refractivity contribution in [3.63, 3.8) is 0 Å². The monoisotopic (exact) mass is 644 g/mol. The van der Waals surface area contributed by atoms with Gasteiger partial charge in [0.1, 0.15) is 37.9 Å². The molecular weight excluding hydrogens is 605 g/mol. The minimum Gasteiger partial charge on any atom is -0.490 e. The fourth-order valence-corrected chi connectivity index (χ4v) is 6.66. The van der Waals surface area contributed by atoms with Gasteiger partial charge in [-0.3, -0.25) is 9.59 Å². The van der Waals surface area contributed by atoms with E-state index >= 15 is 0 Å². The first-order valence-corrected chi connectivity index (χ1v) is 16.4. The van der Waals surface area contributed by atoms with E-state index in [9.17, 15) is 9.59 Å². The molecular formula is C37H40O6S2. The smallest absolute Gasteiger partial charge is 0.307 e. The zero-order valence-electron chi connectivity index (χ0n) is 25.6. The summed E-state index contributed by atoms with van der Waals surface area (Å²) in [5, 5.41) is -0.0824. The molecule has 0 heterocycles. The third-order valence-electron chi connectivity index (χ3n) is 8.15. The highest BCUT2D eigenvalue weighted by Crippen LogP contribution is 2.59. The molecule has 0 saturated carbocycles. The first-order chi connectivity index (χ1) is 21.8. The van der Waals surface area contributed by atoms with Crippen LogP contribution in [-0.2, 0) is 24.5 Å². The van der Waals surface area contributed by atoms with Gasteiger partial charge in [-0.05, 0) is 46.5 Å². The van der Waals surface area contributed by atoms with E-state index in [1.165, 1.54) is 11.1 Å². The highest BCUT2D eigenvalue weighted by Gasteiger charge is 2.52. The molecule has 4 atom stereocenters. The lowest BCUT2D eigenvalue weighted by Crippen LogP contribution is -2.35. The van der Waals surface area contributed by atoms with E-state index in [0.717, 1.165) is 11.1 Å². The molecule has 0 aromatic heterocycles. The molecule has 0 N–H and O–H groups in total. The molecule has 0 radical (unpaired) electrons. The van der Waals surface area contributed by atoms with Gasteiger partial charge in [0.05, 0.1) is 18.3 Å². The largest absolute Gasteiger partial charge is 0.490 e. The van der Waals surface area contributed by atoms with Gasteiger partial charge in [-0.2, -0.15) is 25.3 Å². The minimum absolute atomic E-state index is 0.0412. The Bertz CT molecular complexity index is 1440. The summed E-state index contributed by atoms with van der Waals surface area (Å²) in [7, 11) is 0. The quantitative estimate of drug-likeness (QED) is 0.111. The third-order valence-corrected chi connectivity index (χ3v) is 8.52. The van der Waals surface area contributed by atoms with Crippen molar-refractivity contribution in [1.82, 2.24) is 0 Å². The number of ether oxygens (including phenoxy) is 4. The standard InChI is InChI=1S/C37H40O6S2/c1-25(44)23-35(38)42-21-19-40-29-15-11-27(12-16-29)37(33-9-5-3-7-31(33)32-8-4-6-10-34(32)37)28-13-17-30(18-14-28)41-20-22-43-36(39)24-26(2)45/h3-18,25-26,31,33,44-45H,19-24H2,1-2H3. The topological polar surface area (TPSA) is 71.1 Å². The first-order valence-electron chi connectivity index (χ1n) is 15.4. The molecule has 8 heteroatoms. The Hall–Kier alpha value is -3.62. The van der Waals surface area contributed by atoms with Crippen molar-refractivity contribution in [2.75, 3.05) is 26.4 Å². The molecule has 0 fully saturated rings. The van der Waals surface area contributed by atoms with Crippen LogP contribution in [0.1, 0.15) is 54.9 Å². The maximum atomic E-state index is 11.8. The fourth-order valence-electron chi connectivity index (χ4n) is 6.37. The summed E-state index contributed by atoms with van der Waals surface area (Å²) in [5.41, 5.74) is 4.45. The number of thiol groups is 2. The second-order valence-corrected chi connectivity index (χ2v) is 13.3. The molecule has 0 bridgehead atoms. The Labute approximate surface area is 276 Å². The van der Waals surface area contributed by atoms with Crippen LogP contribution < -0.4 is 9.47 Å². The highest BCUT2D eigenvalue weighted by atomic mass is 32.1. The number of allylic oxidation sites excluding steroid dienone is 4. The zero-order valence-corrected chi connectivity index (χ0v) is 27.4. The predicted octanol–water partition coefficient (Wildman–Crippen LogP) is 7.12. The van der Waals surface area contributed by atoms with Crippen molar-refractivity contribution in [2.24, 2.45) is 5.92 Å². The SMILES string of the molecule is CC(S)CC(=O)OCCOc1ccc(C2(c3ccc(OCCOC(=O)CC(C)S)cc3)c3ccccc3C3C=CC=CC32)cc1. The molecule has 4 unspecified atom stereocenters. The Balaban J connectivity index is 1.37. The third kappa shape index (κ3) is 7.61. The molecule has 45 heavy (non-hydrogen) atoms. The van der Waals surface area contributed by atoms with Gasteiger partial charge >= 0.3 is 11.9 Å². The Morgan fingerprint density at radius 2 is 1.18 bits per heavy atom. The van der Waals surface area contributed by atoms with Crippen molar-refractivity contribution in [1.29, 1.82) is 0 Å². The summed E-state index contributed by atoms with van der Waals surface area (Å²) >= 11 is 8.48. The number of rotatable bonds is 14. The van der Waals surface area contributed by atoms with Crippen LogP contribution in [-0.4, -0.2) is 48.9 Å². The molecule has 0 amide bonds. The molecule has 0 saturated heterocycles. The second-order valence-electron chi connectivity index (χ2n) is 11.5. The summed E-state index contributed by atoms with van der Waals surface area (Å²) in [4.78, 5) is 23.6. The fraction of sp³-hybridized carbons (Fsp3) is 0.351. The molecule has 236 valence electrons. The van der Waals surface area contributed by atoms with Crippen molar-refractivity contribution >= 4 is 37.2 Å². The normalized spacial score (nSPS) is 20.9. The average Bonchev–Trinajstić information content (AvgIpc) is 3.33. The van der Waals surface area contributed by atoms with Crippen LogP contribution in [0.3, 0.4) is 0 Å². The number of hydrogen-bond acceptors (Lipinski definition) is 8. The first kappa shape index (κ1) is 32.8. The molecule has 2 aliphatic carbocycles. The van der Waals surface area contributed by atoms with Gasteiger partial charge in [0, 0.05) is 22.3 Å². The van der Waals surface area contributed by atoms with Crippen molar-refractivity contribution in [3.05, 3.63) is 119 Å². The molecule has 0 spiro atoms. The van der Waals surface area contributed by atoms with E-state index in [4.69, 9.17) is 18.9 Å². The van der Waals surface area contributed by atoms with Gasteiger partial charge in [-0.25, -0.2) is 0 Å². The highest BCUT2D eigenvalue weighted by molar-refractivity contribution is 7.81. The molecule has 5 rings (SSSR count). The van der Waals surface area contributed by atoms with Crippen LogP contribution in [0.2, 0.25) is 0 Å². The minimum atomic E-state index is -0.447. The van der Waals surface area contributed by atoms with Crippen LogP contribution in [0.5, 0.6) is 11.5 Å². The van der Waals surface area contributed by atoms with Crippen LogP contribution in [0, 0.1) is 5.92 Å². The summed E-state index contributed by atoms with van der Waals surface area (Å²) in [6, 6.07) is 25.2. The van der Waals surface area contributed by atoms with Gasteiger partial charge in [0.15, 0.2) is 0 Å². The van der Waals surface area contributed by atoms with Crippen molar-refractivity contribution in [2.45, 2.75) is 48.5 Å². The summed E-state index contributed by atoms with van der Waals surface area (Å²) < 4.78 is 22.3. The molecule has 3 aromatic rings. The number of benzene rings is 3. The van der Waals surface area contributed by atoms with Crippen molar-refractivity contribution in [3.8, 4) is 11.5 Å². The average molecular weight is 645 g/mol. The summed E-state index contributed by atoms with van der Waals surface area (Å²) in [6.45, 7) is 4.63. The number of carbonyl (C=O) groups is 2. The van der Waals surface area contributed by atoms with Gasteiger partial charge in [0.25, 0.3) is 0 Å². The van der Waals surface area contributed by atoms with Gasteiger partial charge in [0.2, 0.25) is 0 Å². The molecule has 2 aliphatic rings. The molecule has 6 nitrogen and oxygen atoms in total. The maximum Gasteiger partial charge on any atom is 0.307 e. The summed E-state index contributed by atoms with van der Waals surface area (Å²) in [5.74, 6) is 1.27. The lowest BCUT2D eigenvalue weighted by atomic mass is 9.63. The molecule has 0 aliphatic heterocycles. The van der Waals surface area contributed by atoms with E-state index in [2.05, 4.69) is 98.1 Å². The van der Waals surface area contributed by atoms with E-state index in [-0.39, 0.29) is 73.5 Å². The number of hydrogen-bond donors (Lipinski definition) is 2. The predicted molar refractivity (Wildman–Crippen MR) is 183 cm³/mol. The maximum absolute atomic E-state index is 11.8. The van der Waals surface area contributed by atoms with E-state index in [0.29, 0.717) is 11.5 Å². The van der Waals surface area contributed by atoms with Crippen LogP contribution in [0.4, 0.5) is 0 Å². The Morgan fingerprint density at radius 3 is 1.69 bits per heavy atom. The lowest BCUT2D eigenvalue weighted by molar-refractivity contribution is -0.145. The van der Waals surface area contributed by atoms with Gasteiger partial charge < -0.3 is 18.9 Å². The molecule has 3 aromatic carbocycles. The van der Waals surface area contributed by atoms with Gasteiger partial charge in [-0.1, -0.05) is 86.7 Å². The van der Waals surface area contributed by atoms with E-state index < -0.39 is 5.41 Å². The lowest BCUT2D eigenvalue weighted by Gasteiger charge is -2.39. The zero-order chi connectivity index (χ0) is 31.8. The van der Waals surface area contributed by atoms with Crippen molar-refractivity contribution < 1.29 is 28.5 Å². The van der Waals surface area contributed by atoms with Crippen LogP contribution >= 0.6 is 25.3 Å².